The van der Waals surface area contributed by atoms with E-state index in [0.29, 0.717) is 0 Å². The number of hydrogen-bond donors (Lipinski definition) is 1. The van der Waals surface area contributed by atoms with E-state index in [9.17, 15) is 0 Å². The maximum absolute atomic E-state index is 5.88. The van der Waals surface area contributed by atoms with Crippen LogP contribution in [0.2, 0.25) is 0 Å². The predicted molar refractivity (Wildman–Crippen MR) is 77.6 cm³/mol. The Morgan fingerprint density at radius 2 is 2.05 bits per heavy atom. The molecular formula is C15H31NO3. The summed E-state index contributed by atoms with van der Waals surface area (Å²) in [4.78, 5) is 0. The summed E-state index contributed by atoms with van der Waals surface area (Å²) in [5, 5.41) is 3.48. The molecule has 0 aliphatic carbocycles. The summed E-state index contributed by atoms with van der Waals surface area (Å²) in [7, 11) is 1.73. The minimum atomic E-state index is -0.0554. The van der Waals surface area contributed by atoms with Gasteiger partial charge in [0.1, 0.15) is 0 Å². The molecule has 0 radical (unpaired) electrons. The first kappa shape index (κ1) is 16.9. The fraction of sp³-hybridized carbons (Fsp3) is 1.00. The third-order valence-corrected chi connectivity index (χ3v) is 3.55. The van der Waals surface area contributed by atoms with Crippen LogP contribution in [0.5, 0.6) is 0 Å². The molecule has 1 aliphatic rings. The molecule has 1 saturated heterocycles. The van der Waals surface area contributed by atoms with Crippen molar-refractivity contribution in [3.05, 3.63) is 0 Å². The number of methoxy groups -OCH3 is 1. The van der Waals surface area contributed by atoms with Crippen LogP contribution in [0.25, 0.3) is 0 Å². The topological polar surface area (TPSA) is 39.7 Å². The van der Waals surface area contributed by atoms with E-state index in [2.05, 4.69) is 26.1 Å². The lowest BCUT2D eigenvalue weighted by Crippen LogP contribution is -2.43. The maximum Gasteiger partial charge on any atom is 0.0598 e. The molecule has 0 amide bonds. The van der Waals surface area contributed by atoms with E-state index in [-0.39, 0.29) is 11.0 Å². The first-order chi connectivity index (χ1) is 8.97. The summed E-state index contributed by atoms with van der Waals surface area (Å²) >= 11 is 0. The Kier molecular flexibility index (Phi) is 7.29. The SMILES string of the molecule is COCCNCC1(CCOC(C)(C)C)CCCOC1. The van der Waals surface area contributed by atoms with E-state index in [1.165, 1.54) is 6.42 Å². The zero-order valence-electron chi connectivity index (χ0n) is 13.1. The summed E-state index contributed by atoms with van der Waals surface area (Å²) in [5.41, 5.74) is 0.178. The predicted octanol–water partition coefficient (Wildman–Crippen LogP) is 2.22. The highest BCUT2D eigenvalue weighted by Crippen LogP contribution is 2.32. The number of ether oxygens (including phenoxy) is 3. The zero-order valence-corrected chi connectivity index (χ0v) is 13.1. The molecule has 1 N–H and O–H groups in total. The van der Waals surface area contributed by atoms with Gasteiger partial charge in [-0.1, -0.05) is 0 Å². The van der Waals surface area contributed by atoms with Crippen LogP contribution >= 0.6 is 0 Å². The molecule has 19 heavy (non-hydrogen) atoms. The van der Waals surface area contributed by atoms with Crippen LogP contribution < -0.4 is 5.32 Å². The van der Waals surface area contributed by atoms with Crippen molar-refractivity contribution in [3.63, 3.8) is 0 Å². The Labute approximate surface area is 118 Å². The van der Waals surface area contributed by atoms with Crippen molar-refractivity contribution >= 4 is 0 Å². The number of nitrogens with one attached hydrogen (secondary N) is 1. The van der Waals surface area contributed by atoms with Crippen LogP contribution in [-0.2, 0) is 14.2 Å². The van der Waals surface area contributed by atoms with E-state index in [4.69, 9.17) is 14.2 Å². The van der Waals surface area contributed by atoms with Gasteiger partial charge in [-0.25, -0.2) is 0 Å². The fourth-order valence-corrected chi connectivity index (χ4v) is 2.44. The van der Waals surface area contributed by atoms with Crippen LogP contribution in [-0.4, -0.2) is 52.2 Å². The average Bonchev–Trinajstić information content (AvgIpc) is 2.34. The molecule has 4 nitrogen and oxygen atoms in total. The minimum absolute atomic E-state index is 0.0554. The van der Waals surface area contributed by atoms with Crippen molar-refractivity contribution in [2.24, 2.45) is 5.41 Å². The molecule has 0 aromatic heterocycles. The molecule has 0 saturated carbocycles. The van der Waals surface area contributed by atoms with Gasteiger partial charge in [-0.15, -0.1) is 0 Å². The lowest BCUT2D eigenvalue weighted by Gasteiger charge is -2.38. The lowest BCUT2D eigenvalue weighted by atomic mass is 9.79. The van der Waals surface area contributed by atoms with Gasteiger partial charge in [0.15, 0.2) is 0 Å². The third-order valence-electron chi connectivity index (χ3n) is 3.55. The lowest BCUT2D eigenvalue weighted by molar-refractivity contribution is -0.0554. The molecule has 1 aliphatic heterocycles. The molecule has 4 heteroatoms. The molecule has 1 heterocycles. The molecule has 1 unspecified atom stereocenters. The zero-order chi connectivity index (χ0) is 14.2. The Morgan fingerprint density at radius 1 is 1.26 bits per heavy atom. The molecule has 0 aromatic rings. The summed E-state index contributed by atoms with van der Waals surface area (Å²) in [6.45, 7) is 11.5. The van der Waals surface area contributed by atoms with Gasteiger partial charge in [0.25, 0.3) is 0 Å². The molecule has 114 valence electrons. The van der Waals surface area contributed by atoms with Crippen LogP contribution in [0, 0.1) is 5.41 Å². The average molecular weight is 273 g/mol. The molecule has 0 aromatic carbocycles. The van der Waals surface area contributed by atoms with E-state index in [1.54, 1.807) is 7.11 Å². The fourth-order valence-electron chi connectivity index (χ4n) is 2.44. The van der Waals surface area contributed by atoms with Crippen molar-refractivity contribution in [2.45, 2.75) is 45.6 Å². The van der Waals surface area contributed by atoms with Crippen LogP contribution in [0.15, 0.2) is 0 Å². The quantitative estimate of drug-likeness (QED) is 0.688. The van der Waals surface area contributed by atoms with Crippen molar-refractivity contribution in [2.75, 3.05) is 46.6 Å². The number of rotatable bonds is 8. The third kappa shape index (κ3) is 7.25. The largest absolute Gasteiger partial charge is 0.383 e. The Balaban J connectivity index is 2.36. The van der Waals surface area contributed by atoms with Crippen molar-refractivity contribution in [1.82, 2.24) is 5.32 Å². The van der Waals surface area contributed by atoms with Gasteiger partial charge in [0.2, 0.25) is 0 Å². The van der Waals surface area contributed by atoms with Gasteiger partial charge in [-0.05, 0) is 40.0 Å². The summed E-state index contributed by atoms with van der Waals surface area (Å²) in [5.74, 6) is 0. The highest BCUT2D eigenvalue weighted by atomic mass is 16.5. The molecule has 1 rings (SSSR count). The van der Waals surface area contributed by atoms with E-state index < -0.39 is 0 Å². The van der Waals surface area contributed by atoms with E-state index >= 15 is 0 Å². The maximum atomic E-state index is 5.88. The monoisotopic (exact) mass is 273 g/mol. The summed E-state index contributed by atoms with van der Waals surface area (Å²) < 4.78 is 16.6. The molecule has 1 atom stereocenters. The summed E-state index contributed by atoms with van der Waals surface area (Å²) in [6.07, 6.45) is 3.44. The van der Waals surface area contributed by atoms with Crippen molar-refractivity contribution in [3.8, 4) is 0 Å². The summed E-state index contributed by atoms with van der Waals surface area (Å²) in [6, 6.07) is 0. The highest BCUT2D eigenvalue weighted by Gasteiger charge is 2.32. The van der Waals surface area contributed by atoms with Gasteiger partial charge in [0.05, 0.1) is 18.8 Å². The molecule has 0 spiro atoms. The second kappa shape index (κ2) is 8.20. The van der Waals surface area contributed by atoms with Crippen molar-refractivity contribution in [1.29, 1.82) is 0 Å². The normalized spacial score (nSPS) is 24.6. The number of hydrogen-bond acceptors (Lipinski definition) is 4. The second-order valence-corrected chi connectivity index (χ2v) is 6.54. The second-order valence-electron chi connectivity index (χ2n) is 6.54. The Bertz CT molecular complexity index is 232. The van der Waals surface area contributed by atoms with Crippen molar-refractivity contribution < 1.29 is 14.2 Å². The standard InChI is InChI=1S/C15H31NO3/c1-14(2,3)19-10-7-15(6-5-9-18-13-15)12-16-8-11-17-4/h16H,5-13H2,1-4H3. The van der Waals surface area contributed by atoms with Crippen LogP contribution in [0.1, 0.15) is 40.0 Å². The van der Waals surface area contributed by atoms with E-state index in [1.807, 2.05) is 0 Å². The Morgan fingerprint density at radius 3 is 2.63 bits per heavy atom. The van der Waals surface area contributed by atoms with Gasteiger partial charge in [-0.2, -0.15) is 0 Å². The van der Waals surface area contributed by atoms with Crippen LogP contribution in [0.4, 0.5) is 0 Å². The first-order valence-corrected chi connectivity index (χ1v) is 7.39. The highest BCUT2D eigenvalue weighted by molar-refractivity contribution is 4.84. The van der Waals surface area contributed by atoms with Crippen LogP contribution in [0.3, 0.4) is 0 Å². The van der Waals surface area contributed by atoms with Gasteiger partial charge in [0, 0.05) is 38.8 Å². The Hall–Kier alpha value is -0.160. The first-order valence-electron chi connectivity index (χ1n) is 7.39. The smallest absolute Gasteiger partial charge is 0.0598 e. The van der Waals surface area contributed by atoms with Gasteiger partial charge in [-0.3, -0.25) is 0 Å². The van der Waals surface area contributed by atoms with Gasteiger partial charge >= 0.3 is 0 Å². The van der Waals surface area contributed by atoms with Gasteiger partial charge < -0.3 is 19.5 Å². The minimum Gasteiger partial charge on any atom is -0.383 e. The van der Waals surface area contributed by atoms with E-state index in [0.717, 1.165) is 52.4 Å². The molecule has 0 bridgehead atoms. The molecule has 1 fully saturated rings. The molecular weight excluding hydrogens is 242 g/mol.